The van der Waals surface area contributed by atoms with E-state index in [9.17, 15) is 4.79 Å². The highest BCUT2D eigenvalue weighted by Gasteiger charge is 2.31. The Labute approximate surface area is 150 Å². The van der Waals surface area contributed by atoms with Crippen molar-refractivity contribution in [3.05, 3.63) is 51.9 Å². The van der Waals surface area contributed by atoms with E-state index in [-0.39, 0.29) is 5.91 Å². The highest BCUT2D eigenvalue weighted by Crippen LogP contribution is 2.39. The minimum absolute atomic E-state index is 0.0266. The van der Waals surface area contributed by atoms with E-state index in [0.29, 0.717) is 29.7 Å². The molecule has 25 heavy (non-hydrogen) atoms. The lowest BCUT2D eigenvalue weighted by atomic mass is 9.81. The van der Waals surface area contributed by atoms with Gasteiger partial charge in [-0.15, -0.1) is 0 Å². The van der Waals surface area contributed by atoms with Crippen molar-refractivity contribution < 1.29 is 4.79 Å². The fourth-order valence-electron chi connectivity index (χ4n) is 3.91. The van der Waals surface area contributed by atoms with Gasteiger partial charge in [-0.3, -0.25) is 9.89 Å². The van der Waals surface area contributed by atoms with Crippen LogP contribution in [0.3, 0.4) is 0 Å². The van der Waals surface area contributed by atoms with Crippen LogP contribution in [0.25, 0.3) is 10.9 Å². The minimum Gasteiger partial charge on any atom is -0.350 e. The van der Waals surface area contributed by atoms with Crippen molar-refractivity contribution in [2.45, 2.75) is 38.1 Å². The Morgan fingerprint density at radius 3 is 2.96 bits per heavy atom. The van der Waals surface area contributed by atoms with Gasteiger partial charge in [0, 0.05) is 52.6 Å². The number of benzene rings is 1. The smallest absolute Gasteiger partial charge is 0.270 e. The van der Waals surface area contributed by atoms with Crippen LogP contribution in [-0.4, -0.2) is 32.5 Å². The van der Waals surface area contributed by atoms with Gasteiger partial charge in [-0.05, 0) is 31.0 Å². The molecule has 1 saturated carbocycles. The second-order valence-electron chi connectivity index (χ2n) is 7.05. The highest BCUT2D eigenvalue weighted by atomic mass is 35.5. The summed E-state index contributed by atoms with van der Waals surface area (Å²) in [6, 6.07) is 7.53. The first-order valence-corrected chi connectivity index (χ1v) is 9.21. The molecule has 3 heterocycles. The quantitative estimate of drug-likeness (QED) is 0.730. The zero-order valence-corrected chi connectivity index (χ0v) is 14.6. The van der Waals surface area contributed by atoms with Crippen LogP contribution in [-0.2, 0) is 13.0 Å². The Morgan fingerprint density at radius 2 is 2.20 bits per heavy atom. The third-order valence-corrected chi connectivity index (χ3v) is 5.92. The first kappa shape index (κ1) is 15.0. The van der Waals surface area contributed by atoms with Gasteiger partial charge in [0.1, 0.15) is 5.69 Å². The van der Waals surface area contributed by atoms with Crippen molar-refractivity contribution in [1.29, 1.82) is 0 Å². The summed E-state index contributed by atoms with van der Waals surface area (Å²) < 4.78 is 0. The lowest BCUT2D eigenvalue weighted by molar-refractivity contribution is 0.0728. The molecule has 2 N–H and O–H groups in total. The Bertz CT molecular complexity index is 969. The molecule has 1 aliphatic heterocycles. The van der Waals surface area contributed by atoms with E-state index in [1.165, 1.54) is 36.2 Å². The van der Waals surface area contributed by atoms with Crippen LogP contribution in [0.5, 0.6) is 0 Å². The molecule has 0 spiro atoms. The highest BCUT2D eigenvalue weighted by molar-refractivity contribution is 6.35. The van der Waals surface area contributed by atoms with Crippen molar-refractivity contribution >= 4 is 28.4 Å². The standard InChI is InChI=1S/C19H19ClN4O/c20-14-5-2-6-15-12(14)9-17(21-15)19(25)24-8-7-16-13(10-24)18(23-22-16)11-3-1-4-11/h2,5-6,9,11,21H,1,3-4,7-8,10H2,(H,22,23). The molecule has 0 bridgehead atoms. The van der Waals surface area contributed by atoms with Crippen LogP contribution in [0.1, 0.15) is 52.6 Å². The Morgan fingerprint density at radius 1 is 1.32 bits per heavy atom. The van der Waals surface area contributed by atoms with E-state index < -0.39 is 0 Å². The molecule has 0 unspecified atom stereocenters. The predicted octanol–water partition coefficient (Wildman–Crippen LogP) is 4.01. The van der Waals surface area contributed by atoms with Gasteiger partial charge >= 0.3 is 0 Å². The SMILES string of the molecule is O=C(c1cc2c(Cl)cccc2[nH]1)N1CCc2[nH]nc(C3CCC3)c2C1. The molecule has 2 aromatic heterocycles. The molecule has 1 fully saturated rings. The van der Waals surface area contributed by atoms with Gasteiger partial charge in [0.2, 0.25) is 0 Å². The molecule has 3 aromatic rings. The number of carbonyl (C=O) groups excluding carboxylic acids is 1. The van der Waals surface area contributed by atoms with Gasteiger partial charge < -0.3 is 9.88 Å². The molecule has 5 rings (SSSR count). The number of nitrogens with zero attached hydrogens (tertiary/aromatic N) is 2. The fraction of sp³-hybridized carbons (Fsp3) is 0.368. The summed E-state index contributed by atoms with van der Waals surface area (Å²) in [5.41, 5.74) is 5.11. The number of hydrogen-bond acceptors (Lipinski definition) is 2. The molecule has 0 saturated heterocycles. The number of rotatable bonds is 2. The molecule has 2 aliphatic rings. The normalized spacial score (nSPS) is 17.6. The van der Waals surface area contributed by atoms with Crippen LogP contribution in [0.4, 0.5) is 0 Å². The third-order valence-electron chi connectivity index (χ3n) is 5.59. The van der Waals surface area contributed by atoms with Crippen LogP contribution in [0, 0.1) is 0 Å². The second-order valence-corrected chi connectivity index (χ2v) is 7.46. The van der Waals surface area contributed by atoms with Crippen molar-refractivity contribution in [3.8, 4) is 0 Å². The Balaban J connectivity index is 1.44. The van der Waals surface area contributed by atoms with Gasteiger partial charge in [0.15, 0.2) is 0 Å². The maximum Gasteiger partial charge on any atom is 0.270 e. The summed E-state index contributed by atoms with van der Waals surface area (Å²) in [5.74, 6) is 0.598. The maximum absolute atomic E-state index is 13.0. The molecular formula is C19H19ClN4O. The zero-order chi connectivity index (χ0) is 17.0. The summed E-state index contributed by atoms with van der Waals surface area (Å²) in [7, 11) is 0. The lowest BCUT2D eigenvalue weighted by Crippen LogP contribution is -2.36. The number of hydrogen-bond donors (Lipinski definition) is 2. The summed E-state index contributed by atoms with van der Waals surface area (Å²) in [5, 5.41) is 9.29. The van der Waals surface area contributed by atoms with E-state index in [2.05, 4.69) is 15.2 Å². The maximum atomic E-state index is 13.0. The van der Waals surface area contributed by atoms with Crippen molar-refractivity contribution in [3.63, 3.8) is 0 Å². The zero-order valence-electron chi connectivity index (χ0n) is 13.8. The monoisotopic (exact) mass is 354 g/mol. The van der Waals surface area contributed by atoms with E-state index >= 15 is 0 Å². The lowest BCUT2D eigenvalue weighted by Gasteiger charge is -2.30. The van der Waals surface area contributed by atoms with Gasteiger partial charge in [0.25, 0.3) is 5.91 Å². The van der Waals surface area contributed by atoms with Gasteiger partial charge in [-0.25, -0.2) is 0 Å². The van der Waals surface area contributed by atoms with Crippen LogP contribution in [0.15, 0.2) is 24.3 Å². The van der Waals surface area contributed by atoms with E-state index in [1.807, 2.05) is 29.2 Å². The molecule has 1 amide bonds. The number of fused-ring (bicyclic) bond motifs is 2. The number of amides is 1. The van der Waals surface area contributed by atoms with Crippen LogP contribution < -0.4 is 0 Å². The van der Waals surface area contributed by atoms with Crippen LogP contribution in [0.2, 0.25) is 5.02 Å². The third kappa shape index (κ3) is 2.37. The largest absolute Gasteiger partial charge is 0.350 e. The summed E-state index contributed by atoms with van der Waals surface area (Å²) in [6.45, 7) is 1.35. The summed E-state index contributed by atoms with van der Waals surface area (Å²) in [6.07, 6.45) is 4.55. The van der Waals surface area contributed by atoms with E-state index in [4.69, 9.17) is 11.6 Å². The van der Waals surface area contributed by atoms with Crippen molar-refractivity contribution in [1.82, 2.24) is 20.1 Å². The number of H-pyrrole nitrogens is 2. The molecular weight excluding hydrogens is 336 g/mol. The number of halogens is 1. The predicted molar refractivity (Wildman–Crippen MR) is 96.9 cm³/mol. The molecule has 128 valence electrons. The molecule has 5 nitrogen and oxygen atoms in total. The molecule has 6 heteroatoms. The first-order valence-electron chi connectivity index (χ1n) is 8.83. The fourth-order valence-corrected chi connectivity index (χ4v) is 4.14. The number of nitrogens with one attached hydrogen (secondary N) is 2. The molecule has 1 aromatic carbocycles. The van der Waals surface area contributed by atoms with Gasteiger partial charge in [-0.1, -0.05) is 24.1 Å². The first-order chi connectivity index (χ1) is 12.2. The van der Waals surface area contributed by atoms with Gasteiger partial charge in [0.05, 0.1) is 5.69 Å². The molecule has 1 aliphatic carbocycles. The van der Waals surface area contributed by atoms with Crippen molar-refractivity contribution in [2.75, 3.05) is 6.54 Å². The topological polar surface area (TPSA) is 64.8 Å². The summed E-state index contributed by atoms with van der Waals surface area (Å²) in [4.78, 5) is 18.1. The Hall–Kier alpha value is -2.27. The number of aromatic amines is 2. The number of carbonyl (C=O) groups is 1. The molecule has 0 atom stereocenters. The number of aromatic nitrogens is 3. The van der Waals surface area contributed by atoms with Crippen LogP contribution >= 0.6 is 11.6 Å². The average Bonchev–Trinajstić information content (AvgIpc) is 3.18. The van der Waals surface area contributed by atoms with E-state index in [0.717, 1.165) is 17.3 Å². The summed E-state index contributed by atoms with van der Waals surface area (Å²) >= 11 is 6.23. The second kappa shape index (κ2) is 5.63. The van der Waals surface area contributed by atoms with E-state index in [1.54, 1.807) is 0 Å². The van der Waals surface area contributed by atoms with Crippen molar-refractivity contribution in [2.24, 2.45) is 0 Å². The average molecular weight is 355 g/mol. The van der Waals surface area contributed by atoms with Gasteiger partial charge in [-0.2, -0.15) is 5.10 Å². The molecule has 0 radical (unpaired) electrons. The Kier molecular flexibility index (Phi) is 3.38. The minimum atomic E-state index is 0.0266.